The van der Waals surface area contributed by atoms with E-state index in [2.05, 4.69) is 13.8 Å². The van der Waals surface area contributed by atoms with Crippen LogP contribution < -0.4 is 0 Å². The lowest BCUT2D eigenvalue weighted by molar-refractivity contribution is -0.132. The van der Waals surface area contributed by atoms with Gasteiger partial charge in [0.25, 0.3) is 0 Å². The highest BCUT2D eigenvalue weighted by atomic mass is 16.3. The summed E-state index contributed by atoms with van der Waals surface area (Å²) in [7, 11) is 0. The predicted octanol–water partition coefficient (Wildman–Crippen LogP) is 1.62. The Morgan fingerprint density at radius 1 is 1.50 bits per heavy atom. The maximum atomic E-state index is 11.4. The summed E-state index contributed by atoms with van der Waals surface area (Å²) in [5.74, 6) is 1.04. The van der Waals surface area contributed by atoms with E-state index < -0.39 is 6.10 Å². The first kappa shape index (κ1) is 9.72. The third-order valence-electron chi connectivity index (χ3n) is 3.20. The van der Waals surface area contributed by atoms with Crippen LogP contribution in [0.2, 0.25) is 0 Å². The van der Waals surface area contributed by atoms with Gasteiger partial charge in [-0.1, -0.05) is 13.8 Å². The summed E-state index contributed by atoms with van der Waals surface area (Å²) in [6.07, 6.45) is 1.17. The number of carbonyl (C=O) groups excluding carboxylic acids is 1. The summed E-state index contributed by atoms with van der Waals surface area (Å²) >= 11 is 0. The number of ketones is 1. The van der Waals surface area contributed by atoms with Crippen molar-refractivity contribution in [3.8, 4) is 0 Å². The normalized spacial score (nSPS) is 39.7. The fraction of sp³-hybridized carbons (Fsp3) is 0.900. The van der Waals surface area contributed by atoms with Gasteiger partial charge in [-0.25, -0.2) is 0 Å². The smallest absolute Gasteiger partial charge is 0.138 e. The molecule has 0 radical (unpaired) electrons. The second-order valence-corrected chi connectivity index (χ2v) is 4.11. The molecule has 1 fully saturated rings. The fourth-order valence-electron chi connectivity index (χ4n) is 2.15. The van der Waals surface area contributed by atoms with Crippen LogP contribution >= 0.6 is 0 Å². The SMILES string of the molecule is CC(O)C1C(=O)CCC(C)C1C. The van der Waals surface area contributed by atoms with Gasteiger partial charge >= 0.3 is 0 Å². The zero-order valence-electron chi connectivity index (χ0n) is 8.08. The molecular weight excluding hydrogens is 152 g/mol. The van der Waals surface area contributed by atoms with Crippen molar-refractivity contribution in [2.24, 2.45) is 17.8 Å². The average molecular weight is 170 g/mol. The van der Waals surface area contributed by atoms with Crippen LogP contribution in [0, 0.1) is 17.8 Å². The van der Waals surface area contributed by atoms with Crippen molar-refractivity contribution in [3.63, 3.8) is 0 Å². The van der Waals surface area contributed by atoms with Crippen LogP contribution in [-0.4, -0.2) is 17.0 Å². The molecule has 0 amide bonds. The summed E-state index contributed by atoms with van der Waals surface area (Å²) in [4.78, 5) is 11.4. The maximum Gasteiger partial charge on any atom is 0.138 e. The summed E-state index contributed by atoms with van der Waals surface area (Å²) < 4.78 is 0. The monoisotopic (exact) mass is 170 g/mol. The third kappa shape index (κ3) is 1.69. The van der Waals surface area contributed by atoms with Crippen molar-refractivity contribution < 1.29 is 9.90 Å². The number of hydrogen-bond acceptors (Lipinski definition) is 2. The lowest BCUT2D eigenvalue weighted by Crippen LogP contribution is -2.38. The van der Waals surface area contributed by atoms with Gasteiger partial charge in [-0.3, -0.25) is 4.79 Å². The van der Waals surface area contributed by atoms with E-state index in [1.54, 1.807) is 6.92 Å². The highest BCUT2D eigenvalue weighted by Gasteiger charge is 2.36. The van der Waals surface area contributed by atoms with E-state index in [1.807, 2.05) is 0 Å². The molecule has 0 heterocycles. The Hall–Kier alpha value is -0.370. The summed E-state index contributed by atoms with van der Waals surface area (Å²) in [5, 5.41) is 9.41. The molecule has 1 N–H and O–H groups in total. The van der Waals surface area contributed by atoms with Crippen molar-refractivity contribution in [2.45, 2.75) is 39.7 Å². The fourth-order valence-corrected chi connectivity index (χ4v) is 2.15. The van der Waals surface area contributed by atoms with Gasteiger partial charge in [-0.15, -0.1) is 0 Å². The van der Waals surface area contributed by atoms with Crippen molar-refractivity contribution in [1.29, 1.82) is 0 Å². The highest BCUT2D eigenvalue weighted by Crippen LogP contribution is 2.33. The molecule has 0 bridgehead atoms. The molecule has 0 saturated heterocycles. The number of rotatable bonds is 1. The first-order chi connectivity index (χ1) is 5.54. The molecule has 4 atom stereocenters. The second-order valence-electron chi connectivity index (χ2n) is 4.11. The zero-order valence-corrected chi connectivity index (χ0v) is 8.08. The van der Waals surface area contributed by atoms with E-state index in [9.17, 15) is 9.90 Å². The molecular formula is C10H18O2. The Labute approximate surface area is 74.0 Å². The molecule has 0 aromatic carbocycles. The van der Waals surface area contributed by atoms with Gasteiger partial charge in [0.2, 0.25) is 0 Å². The molecule has 70 valence electrons. The molecule has 1 aliphatic rings. The molecule has 1 saturated carbocycles. The average Bonchev–Trinajstić information content (AvgIpc) is 1.97. The molecule has 0 aromatic heterocycles. The van der Waals surface area contributed by atoms with Crippen LogP contribution in [0.25, 0.3) is 0 Å². The van der Waals surface area contributed by atoms with Gasteiger partial charge in [0.05, 0.1) is 6.10 Å². The topological polar surface area (TPSA) is 37.3 Å². The molecule has 12 heavy (non-hydrogen) atoms. The van der Waals surface area contributed by atoms with Crippen molar-refractivity contribution in [2.75, 3.05) is 0 Å². The summed E-state index contributed by atoms with van der Waals surface area (Å²) in [6, 6.07) is 0. The van der Waals surface area contributed by atoms with E-state index in [0.717, 1.165) is 6.42 Å². The number of aliphatic hydroxyl groups excluding tert-OH is 1. The van der Waals surface area contributed by atoms with Gasteiger partial charge in [0, 0.05) is 12.3 Å². The van der Waals surface area contributed by atoms with Crippen molar-refractivity contribution in [1.82, 2.24) is 0 Å². The van der Waals surface area contributed by atoms with E-state index in [1.165, 1.54) is 0 Å². The van der Waals surface area contributed by atoms with Crippen LogP contribution in [0.1, 0.15) is 33.6 Å². The minimum atomic E-state index is -0.477. The van der Waals surface area contributed by atoms with Gasteiger partial charge in [-0.2, -0.15) is 0 Å². The van der Waals surface area contributed by atoms with Gasteiger partial charge in [0.1, 0.15) is 5.78 Å². The standard InChI is InChI=1S/C10H18O2/c1-6-4-5-9(12)10(7(6)2)8(3)11/h6-8,10-11H,4-5H2,1-3H3. The Balaban J connectivity index is 2.72. The molecule has 4 unspecified atom stereocenters. The minimum absolute atomic E-state index is 0.117. The van der Waals surface area contributed by atoms with Gasteiger partial charge < -0.3 is 5.11 Å². The van der Waals surface area contributed by atoms with Crippen molar-refractivity contribution in [3.05, 3.63) is 0 Å². The first-order valence-corrected chi connectivity index (χ1v) is 4.74. The second kappa shape index (κ2) is 3.56. The summed E-state index contributed by atoms with van der Waals surface area (Å²) in [5.41, 5.74) is 0. The molecule has 1 aliphatic carbocycles. The summed E-state index contributed by atoms with van der Waals surface area (Å²) in [6.45, 7) is 5.95. The highest BCUT2D eigenvalue weighted by molar-refractivity contribution is 5.82. The van der Waals surface area contributed by atoms with E-state index in [4.69, 9.17) is 0 Å². The zero-order chi connectivity index (χ0) is 9.30. The minimum Gasteiger partial charge on any atom is -0.393 e. The van der Waals surface area contributed by atoms with Crippen LogP contribution in [-0.2, 0) is 4.79 Å². The van der Waals surface area contributed by atoms with Crippen LogP contribution in [0.15, 0.2) is 0 Å². The molecule has 1 rings (SSSR count). The predicted molar refractivity (Wildman–Crippen MR) is 47.7 cm³/mol. The maximum absolute atomic E-state index is 11.4. The Kier molecular flexibility index (Phi) is 2.89. The van der Waals surface area contributed by atoms with Crippen molar-refractivity contribution >= 4 is 5.78 Å². The van der Waals surface area contributed by atoms with Gasteiger partial charge in [0.15, 0.2) is 0 Å². The Morgan fingerprint density at radius 2 is 2.08 bits per heavy atom. The molecule has 2 nitrogen and oxygen atoms in total. The van der Waals surface area contributed by atoms with Crippen LogP contribution in [0.4, 0.5) is 0 Å². The largest absolute Gasteiger partial charge is 0.393 e. The van der Waals surface area contributed by atoms with E-state index >= 15 is 0 Å². The third-order valence-corrected chi connectivity index (χ3v) is 3.20. The quantitative estimate of drug-likeness (QED) is 0.649. The van der Waals surface area contributed by atoms with Crippen LogP contribution in [0.3, 0.4) is 0 Å². The van der Waals surface area contributed by atoms with Gasteiger partial charge in [-0.05, 0) is 25.2 Å². The number of carbonyl (C=O) groups is 1. The number of aliphatic hydroxyl groups is 1. The molecule has 0 aliphatic heterocycles. The van der Waals surface area contributed by atoms with Crippen LogP contribution in [0.5, 0.6) is 0 Å². The lowest BCUT2D eigenvalue weighted by atomic mass is 9.71. The Bertz CT molecular complexity index is 175. The first-order valence-electron chi connectivity index (χ1n) is 4.74. The number of Topliss-reactive ketones (excluding diaryl/α,β-unsaturated/α-hetero) is 1. The van der Waals surface area contributed by atoms with E-state index in [-0.39, 0.29) is 11.7 Å². The number of hydrogen-bond donors (Lipinski definition) is 1. The molecule has 2 heteroatoms. The Morgan fingerprint density at radius 3 is 2.50 bits per heavy atom. The lowest BCUT2D eigenvalue weighted by Gasteiger charge is -2.34. The molecule has 0 aromatic rings. The van der Waals surface area contributed by atoms with E-state index in [0.29, 0.717) is 18.3 Å². The molecule has 0 spiro atoms.